The van der Waals surface area contributed by atoms with Gasteiger partial charge in [0.05, 0.1) is 17.1 Å². The van der Waals surface area contributed by atoms with E-state index in [1.165, 1.54) is 29.8 Å². The number of aryl methyl sites for hydroxylation is 2. The molecule has 0 saturated heterocycles. The molecule has 0 spiro atoms. The second kappa shape index (κ2) is 11.9. The van der Waals surface area contributed by atoms with Crippen molar-refractivity contribution >= 4 is 28.7 Å². The van der Waals surface area contributed by atoms with Gasteiger partial charge < -0.3 is 5.32 Å². The summed E-state index contributed by atoms with van der Waals surface area (Å²) in [6.07, 6.45) is 4.26. The van der Waals surface area contributed by atoms with E-state index in [-0.39, 0.29) is 11.7 Å². The molecule has 4 aromatic rings. The van der Waals surface area contributed by atoms with Crippen LogP contribution in [0.1, 0.15) is 51.5 Å². The van der Waals surface area contributed by atoms with E-state index in [1.54, 1.807) is 12.3 Å². The van der Waals surface area contributed by atoms with Crippen molar-refractivity contribution in [2.75, 3.05) is 5.32 Å². The van der Waals surface area contributed by atoms with E-state index in [0.29, 0.717) is 17.7 Å². The van der Waals surface area contributed by atoms with Crippen LogP contribution in [0, 0.1) is 19.7 Å². The molecular formula is C35H30FN3O. The summed E-state index contributed by atoms with van der Waals surface area (Å²) in [7, 11) is 0. The Kier molecular flexibility index (Phi) is 7.92. The number of hydrogen-bond donors (Lipinski definition) is 1. The Hall–Kier alpha value is -4.90. The number of nitrogens with one attached hydrogen (secondary N) is 1. The molecule has 198 valence electrons. The van der Waals surface area contributed by atoms with E-state index in [4.69, 9.17) is 9.98 Å². The van der Waals surface area contributed by atoms with Crippen LogP contribution in [-0.2, 0) is 0 Å². The third-order valence-electron chi connectivity index (χ3n) is 6.66. The molecule has 0 saturated carbocycles. The molecule has 0 aliphatic carbocycles. The van der Waals surface area contributed by atoms with Crippen LogP contribution in [0.2, 0.25) is 0 Å². The molecule has 0 radical (unpaired) electrons. The highest BCUT2D eigenvalue weighted by molar-refractivity contribution is 6.24. The van der Waals surface area contributed by atoms with Crippen LogP contribution < -0.4 is 5.32 Å². The Labute approximate surface area is 234 Å². The minimum absolute atomic E-state index is 0.283. The van der Waals surface area contributed by atoms with Crippen molar-refractivity contribution in [1.82, 2.24) is 0 Å². The molecule has 0 fully saturated rings. The molecule has 0 bridgehead atoms. The van der Waals surface area contributed by atoms with Crippen LogP contribution in [0.4, 0.5) is 10.1 Å². The monoisotopic (exact) mass is 527 g/mol. The minimum Gasteiger partial charge on any atom is -0.322 e. The van der Waals surface area contributed by atoms with Gasteiger partial charge in [0.2, 0.25) is 0 Å². The van der Waals surface area contributed by atoms with Gasteiger partial charge in [-0.25, -0.2) is 4.39 Å². The second-order valence-corrected chi connectivity index (χ2v) is 9.80. The van der Waals surface area contributed by atoms with Crippen molar-refractivity contribution in [3.8, 4) is 0 Å². The summed E-state index contributed by atoms with van der Waals surface area (Å²) in [5, 5.41) is 2.84. The molecule has 0 aromatic heterocycles. The van der Waals surface area contributed by atoms with Gasteiger partial charge in [-0.15, -0.1) is 0 Å². The van der Waals surface area contributed by atoms with Gasteiger partial charge in [0.1, 0.15) is 5.82 Å². The maximum atomic E-state index is 13.3. The number of allylic oxidation sites excluding steroid dienone is 2. The Bertz CT molecular complexity index is 1690. The molecule has 4 nitrogen and oxygen atoms in total. The summed E-state index contributed by atoms with van der Waals surface area (Å²) in [4.78, 5) is 23.1. The van der Waals surface area contributed by atoms with Crippen LogP contribution in [0.3, 0.4) is 0 Å². The minimum atomic E-state index is -0.355. The molecule has 5 heteroatoms. The van der Waals surface area contributed by atoms with E-state index in [0.717, 1.165) is 44.9 Å². The predicted molar refractivity (Wildman–Crippen MR) is 163 cm³/mol. The fourth-order valence-corrected chi connectivity index (χ4v) is 4.73. The zero-order valence-electron chi connectivity index (χ0n) is 22.8. The fraction of sp³-hybridized carbons (Fsp3) is 0.114. The lowest BCUT2D eigenvalue weighted by Crippen LogP contribution is -2.14. The van der Waals surface area contributed by atoms with Crippen molar-refractivity contribution < 1.29 is 9.18 Å². The lowest BCUT2D eigenvalue weighted by Gasteiger charge is -2.13. The average molecular weight is 528 g/mol. The van der Waals surface area contributed by atoms with Gasteiger partial charge in [0.15, 0.2) is 0 Å². The standard InChI is InChI=1S/C35H30FN3O/c1-4-18-37-33(27-12-7-13-28(21-27)35(40)38-30-16-14-29(36)15-17-30)31-22-32(25-10-5-8-23(2)19-25)39-34(31)26-11-6-9-24(3)20-26/h4-21H,22H2,1-3H3,(H,38,40)/b18-4-,37-33?. The Balaban J connectivity index is 1.57. The first kappa shape index (κ1) is 26.7. The maximum Gasteiger partial charge on any atom is 0.255 e. The third kappa shape index (κ3) is 6.05. The van der Waals surface area contributed by atoms with Gasteiger partial charge in [-0.05, 0) is 68.8 Å². The second-order valence-electron chi connectivity index (χ2n) is 9.80. The van der Waals surface area contributed by atoms with Crippen molar-refractivity contribution in [2.24, 2.45) is 9.98 Å². The summed E-state index contributed by atoms with van der Waals surface area (Å²) in [5.41, 5.74) is 9.86. The summed E-state index contributed by atoms with van der Waals surface area (Å²) in [5.74, 6) is -0.638. The highest BCUT2D eigenvalue weighted by Gasteiger charge is 2.25. The molecule has 1 amide bonds. The molecule has 1 aliphatic rings. The normalized spacial score (nSPS) is 13.6. The van der Waals surface area contributed by atoms with Crippen LogP contribution in [0.25, 0.3) is 5.70 Å². The number of benzene rings is 4. The predicted octanol–water partition coefficient (Wildman–Crippen LogP) is 8.32. The summed E-state index contributed by atoms with van der Waals surface area (Å²) in [6.45, 7) is 6.07. The number of carbonyl (C=O) groups excluding carboxylic acids is 1. The first-order valence-corrected chi connectivity index (χ1v) is 13.2. The van der Waals surface area contributed by atoms with Crippen LogP contribution >= 0.6 is 0 Å². The fourth-order valence-electron chi connectivity index (χ4n) is 4.73. The number of anilines is 1. The van der Waals surface area contributed by atoms with Gasteiger partial charge in [0, 0.05) is 40.6 Å². The Morgan fingerprint density at radius 1 is 0.850 bits per heavy atom. The molecule has 1 aliphatic heterocycles. The van der Waals surface area contributed by atoms with E-state index >= 15 is 0 Å². The molecule has 1 N–H and O–H groups in total. The number of hydrogen-bond acceptors (Lipinski definition) is 3. The van der Waals surface area contributed by atoms with Crippen LogP contribution in [-0.4, -0.2) is 17.3 Å². The largest absolute Gasteiger partial charge is 0.322 e. The number of amides is 1. The molecule has 1 heterocycles. The van der Waals surface area contributed by atoms with Crippen molar-refractivity contribution in [2.45, 2.75) is 27.2 Å². The first-order valence-electron chi connectivity index (χ1n) is 13.2. The molecular weight excluding hydrogens is 497 g/mol. The smallest absolute Gasteiger partial charge is 0.255 e. The highest BCUT2D eigenvalue weighted by atomic mass is 19.1. The van der Waals surface area contributed by atoms with Gasteiger partial charge >= 0.3 is 0 Å². The van der Waals surface area contributed by atoms with Gasteiger partial charge in [0.25, 0.3) is 5.91 Å². The highest BCUT2D eigenvalue weighted by Crippen LogP contribution is 2.34. The molecule has 5 rings (SSSR count). The Morgan fingerprint density at radius 2 is 1.50 bits per heavy atom. The van der Waals surface area contributed by atoms with Crippen molar-refractivity contribution in [3.05, 3.63) is 154 Å². The zero-order chi connectivity index (χ0) is 28.1. The van der Waals surface area contributed by atoms with Gasteiger partial charge in [-0.3, -0.25) is 14.8 Å². The van der Waals surface area contributed by atoms with Crippen LogP contribution in [0.5, 0.6) is 0 Å². The van der Waals surface area contributed by atoms with E-state index in [1.807, 2.05) is 37.3 Å². The van der Waals surface area contributed by atoms with Crippen LogP contribution in [0.15, 0.2) is 125 Å². The maximum absolute atomic E-state index is 13.3. The van der Waals surface area contributed by atoms with Crippen molar-refractivity contribution in [1.29, 1.82) is 0 Å². The molecule has 0 unspecified atom stereocenters. The average Bonchev–Trinajstić information content (AvgIpc) is 3.40. The lowest BCUT2D eigenvalue weighted by molar-refractivity contribution is 0.102. The summed E-state index contributed by atoms with van der Waals surface area (Å²) >= 11 is 0. The number of nitrogens with zero attached hydrogens (tertiary/aromatic N) is 2. The topological polar surface area (TPSA) is 53.8 Å². The first-order chi connectivity index (χ1) is 19.4. The third-order valence-corrected chi connectivity index (χ3v) is 6.66. The Morgan fingerprint density at radius 3 is 2.20 bits per heavy atom. The number of halogens is 1. The van der Waals surface area contributed by atoms with Gasteiger partial charge in [-0.2, -0.15) is 0 Å². The zero-order valence-corrected chi connectivity index (χ0v) is 22.8. The summed E-state index contributed by atoms with van der Waals surface area (Å²) < 4.78 is 13.3. The molecule has 0 atom stereocenters. The SMILES string of the molecule is C/C=C\N=C(C1=C(c2cccc(C)c2)N=C(c2cccc(C)c2)C1)c1cccc(C(=O)Nc2ccc(F)cc2)c1. The van der Waals surface area contributed by atoms with E-state index in [9.17, 15) is 9.18 Å². The summed E-state index contributed by atoms with van der Waals surface area (Å²) in [6, 6.07) is 29.8. The van der Waals surface area contributed by atoms with Gasteiger partial charge in [-0.1, -0.05) is 71.8 Å². The van der Waals surface area contributed by atoms with Crippen molar-refractivity contribution in [3.63, 3.8) is 0 Å². The van der Waals surface area contributed by atoms with E-state index < -0.39 is 0 Å². The molecule has 4 aromatic carbocycles. The number of aliphatic imine (C=N–C) groups is 2. The number of rotatable bonds is 7. The molecule has 40 heavy (non-hydrogen) atoms. The number of carbonyl (C=O) groups is 1. The lowest BCUT2D eigenvalue weighted by atomic mass is 9.93. The van der Waals surface area contributed by atoms with E-state index in [2.05, 4.69) is 61.6 Å². The quantitative estimate of drug-likeness (QED) is 0.241.